The Morgan fingerprint density at radius 2 is 1.90 bits per heavy atom. The van der Waals surface area contributed by atoms with E-state index in [4.69, 9.17) is 16.1 Å². The third-order valence-corrected chi connectivity index (χ3v) is 5.54. The summed E-state index contributed by atoms with van der Waals surface area (Å²) in [7, 11) is 0. The molecule has 4 rings (SSSR count). The van der Waals surface area contributed by atoms with Crippen molar-refractivity contribution in [3.05, 3.63) is 65.0 Å². The van der Waals surface area contributed by atoms with E-state index >= 15 is 0 Å². The Labute approximate surface area is 174 Å². The number of hydrogen-bond donors (Lipinski definition) is 1. The first-order valence-electron chi connectivity index (χ1n) is 9.76. The summed E-state index contributed by atoms with van der Waals surface area (Å²) >= 11 is 5.92. The number of halogens is 1. The van der Waals surface area contributed by atoms with Gasteiger partial charge in [0.25, 0.3) is 0 Å². The molecule has 7 heteroatoms. The Bertz CT molecular complexity index is 978. The molecule has 1 aromatic heterocycles. The predicted octanol–water partition coefficient (Wildman–Crippen LogP) is 4.55. The first-order valence-corrected chi connectivity index (χ1v) is 10.1. The van der Waals surface area contributed by atoms with E-state index in [1.54, 1.807) is 12.1 Å². The Balaban J connectivity index is 1.29. The molecule has 1 aliphatic rings. The molecule has 29 heavy (non-hydrogen) atoms. The van der Waals surface area contributed by atoms with E-state index in [1.807, 2.05) is 43.3 Å². The van der Waals surface area contributed by atoms with E-state index in [2.05, 4.69) is 20.4 Å². The molecule has 0 unspecified atom stereocenters. The third kappa shape index (κ3) is 4.83. The third-order valence-electron chi connectivity index (χ3n) is 5.29. The van der Waals surface area contributed by atoms with Crippen LogP contribution in [0.3, 0.4) is 0 Å². The van der Waals surface area contributed by atoms with Crippen LogP contribution >= 0.6 is 11.6 Å². The van der Waals surface area contributed by atoms with Gasteiger partial charge in [-0.3, -0.25) is 9.69 Å². The van der Waals surface area contributed by atoms with Gasteiger partial charge < -0.3 is 9.84 Å². The fourth-order valence-corrected chi connectivity index (χ4v) is 3.65. The van der Waals surface area contributed by atoms with Crippen LogP contribution in [-0.4, -0.2) is 34.0 Å². The fraction of sp³-hybridized carbons (Fsp3) is 0.318. The van der Waals surface area contributed by atoms with Crippen molar-refractivity contribution in [2.24, 2.45) is 5.92 Å². The standard InChI is InChI=1S/C22H23ClN4O2/c1-15-4-2-3-5-19(15)24-22(28)17-10-12-27(13-11-17)14-20-25-21(26-29-20)16-6-8-18(23)9-7-16/h2-9,17H,10-14H2,1H3,(H,24,28). The van der Waals surface area contributed by atoms with Crippen molar-refractivity contribution in [1.82, 2.24) is 15.0 Å². The van der Waals surface area contributed by atoms with E-state index in [1.165, 1.54) is 0 Å². The maximum atomic E-state index is 12.6. The fourth-order valence-electron chi connectivity index (χ4n) is 3.53. The number of para-hydroxylation sites is 1. The lowest BCUT2D eigenvalue weighted by atomic mass is 9.95. The second-order valence-electron chi connectivity index (χ2n) is 7.37. The summed E-state index contributed by atoms with van der Waals surface area (Å²) < 4.78 is 5.40. The minimum atomic E-state index is 0.0261. The SMILES string of the molecule is Cc1ccccc1NC(=O)C1CCN(Cc2nc(-c3ccc(Cl)cc3)no2)CC1. The van der Waals surface area contributed by atoms with Crippen LogP contribution in [0.1, 0.15) is 24.3 Å². The number of aryl methyl sites for hydroxylation is 1. The highest BCUT2D eigenvalue weighted by Crippen LogP contribution is 2.23. The number of carbonyl (C=O) groups excluding carboxylic acids is 1. The summed E-state index contributed by atoms with van der Waals surface area (Å²) in [6, 6.07) is 15.2. The molecule has 0 radical (unpaired) electrons. The van der Waals surface area contributed by atoms with Crippen molar-refractivity contribution in [3.8, 4) is 11.4 Å². The number of amides is 1. The summed E-state index contributed by atoms with van der Waals surface area (Å²) in [6.07, 6.45) is 1.63. The van der Waals surface area contributed by atoms with Crippen molar-refractivity contribution in [1.29, 1.82) is 0 Å². The van der Waals surface area contributed by atoms with Crippen LogP contribution in [0.25, 0.3) is 11.4 Å². The van der Waals surface area contributed by atoms with Gasteiger partial charge in [-0.1, -0.05) is 35.0 Å². The highest BCUT2D eigenvalue weighted by Gasteiger charge is 2.26. The smallest absolute Gasteiger partial charge is 0.241 e. The average Bonchev–Trinajstić information content (AvgIpc) is 3.19. The van der Waals surface area contributed by atoms with E-state index in [0.717, 1.165) is 42.7 Å². The second-order valence-corrected chi connectivity index (χ2v) is 7.81. The number of nitrogens with zero attached hydrogens (tertiary/aromatic N) is 3. The highest BCUT2D eigenvalue weighted by molar-refractivity contribution is 6.30. The molecule has 2 heterocycles. The van der Waals surface area contributed by atoms with Gasteiger partial charge in [0.2, 0.25) is 17.6 Å². The largest absolute Gasteiger partial charge is 0.338 e. The second kappa shape index (κ2) is 8.76. The molecule has 0 aliphatic carbocycles. The van der Waals surface area contributed by atoms with E-state index in [-0.39, 0.29) is 11.8 Å². The van der Waals surface area contributed by atoms with Crippen LogP contribution in [0.15, 0.2) is 53.1 Å². The van der Waals surface area contributed by atoms with E-state index in [0.29, 0.717) is 23.3 Å². The van der Waals surface area contributed by atoms with Gasteiger partial charge in [-0.05, 0) is 68.8 Å². The van der Waals surface area contributed by atoms with Crippen LogP contribution in [0.4, 0.5) is 5.69 Å². The van der Waals surface area contributed by atoms with Crippen molar-refractivity contribution >= 4 is 23.2 Å². The van der Waals surface area contributed by atoms with Crippen LogP contribution in [0.5, 0.6) is 0 Å². The average molecular weight is 411 g/mol. The molecule has 0 bridgehead atoms. The highest BCUT2D eigenvalue weighted by atomic mass is 35.5. The molecular weight excluding hydrogens is 388 g/mol. The van der Waals surface area contributed by atoms with Crippen LogP contribution < -0.4 is 5.32 Å². The monoisotopic (exact) mass is 410 g/mol. The molecular formula is C22H23ClN4O2. The molecule has 3 aromatic rings. The summed E-state index contributed by atoms with van der Waals surface area (Å²) in [5.41, 5.74) is 2.84. The van der Waals surface area contributed by atoms with Gasteiger partial charge in [-0.2, -0.15) is 4.98 Å². The number of anilines is 1. The van der Waals surface area contributed by atoms with Gasteiger partial charge in [-0.25, -0.2) is 0 Å². The Morgan fingerprint density at radius 3 is 2.62 bits per heavy atom. The molecule has 1 fully saturated rings. The number of benzene rings is 2. The van der Waals surface area contributed by atoms with Crippen molar-refractivity contribution in [2.75, 3.05) is 18.4 Å². The summed E-state index contributed by atoms with van der Waals surface area (Å²) in [5, 5.41) is 7.80. The maximum absolute atomic E-state index is 12.6. The minimum absolute atomic E-state index is 0.0261. The number of nitrogens with one attached hydrogen (secondary N) is 1. The first-order chi connectivity index (χ1) is 14.1. The van der Waals surface area contributed by atoms with Gasteiger partial charge in [-0.15, -0.1) is 0 Å². The van der Waals surface area contributed by atoms with Gasteiger partial charge in [0.15, 0.2) is 0 Å². The van der Waals surface area contributed by atoms with Crippen LogP contribution in [-0.2, 0) is 11.3 Å². The maximum Gasteiger partial charge on any atom is 0.241 e. The van der Waals surface area contributed by atoms with Gasteiger partial charge in [0.05, 0.1) is 6.54 Å². The lowest BCUT2D eigenvalue weighted by Gasteiger charge is -2.30. The molecule has 1 N–H and O–H groups in total. The molecule has 1 saturated heterocycles. The Kier molecular flexibility index (Phi) is 5.92. The molecule has 1 amide bonds. The number of aromatic nitrogens is 2. The van der Waals surface area contributed by atoms with Gasteiger partial charge in [0, 0.05) is 22.2 Å². The first kappa shape index (κ1) is 19.6. The van der Waals surface area contributed by atoms with Crippen molar-refractivity contribution in [2.45, 2.75) is 26.3 Å². The quantitative estimate of drug-likeness (QED) is 0.668. The normalized spacial score (nSPS) is 15.4. The molecule has 2 aromatic carbocycles. The Hall–Kier alpha value is -2.70. The molecule has 1 aliphatic heterocycles. The topological polar surface area (TPSA) is 71.3 Å². The lowest BCUT2D eigenvalue weighted by Crippen LogP contribution is -2.37. The van der Waals surface area contributed by atoms with Gasteiger partial charge >= 0.3 is 0 Å². The zero-order valence-electron chi connectivity index (χ0n) is 16.3. The van der Waals surface area contributed by atoms with E-state index < -0.39 is 0 Å². The predicted molar refractivity (Wildman–Crippen MR) is 113 cm³/mol. The molecule has 150 valence electrons. The summed E-state index contributed by atoms with van der Waals surface area (Å²) in [4.78, 5) is 19.3. The van der Waals surface area contributed by atoms with Crippen molar-refractivity contribution < 1.29 is 9.32 Å². The number of carbonyl (C=O) groups is 1. The summed E-state index contributed by atoms with van der Waals surface area (Å²) in [6.45, 7) is 4.24. The number of hydrogen-bond acceptors (Lipinski definition) is 5. The molecule has 0 atom stereocenters. The van der Waals surface area contributed by atoms with Crippen LogP contribution in [0, 0.1) is 12.8 Å². The van der Waals surface area contributed by atoms with E-state index in [9.17, 15) is 4.79 Å². The lowest BCUT2D eigenvalue weighted by molar-refractivity contribution is -0.121. The zero-order valence-corrected chi connectivity index (χ0v) is 17.0. The zero-order chi connectivity index (χ0) is 20.2. The number of likely N-dealkylation sites (tertiary alicyclic amines) is 1. The van der Waals surface area contributed by atoms with Gasteiger partial charge in [0.1, 0.15) is 0 Å². The summed E-state index contributed by atoms with van der Waals surface area (Å²) in [5.74, 6) is 1.27. The van der Waals surface area contributed by atoms with Crippen LogP contribution in [0.2, 0.25) is 5.02 Å². The Morgan fingerprint density at radius 1 is 1.17 bits per heavy atom. The number of piperidine rings is 1. The molecule has 6 nitrogen and oxygen atoms in total. The number of rotatable bonds is 5. The minimum Gasteiger partial charge on any atom is -0.338 e. The molecule has 0 spiro atoms. The van der Waals surface area contributed by atoms with Crippen molar-refractivity contribution in [3.63, 3.8) is 0 Å². The molecule has 0 saturated carbocycles.